The Kier molecular flexibility index (Phi) is 6.01. The van der Waals surface area contributed by atoms with E-state index in [1.165, 1.54) is 4.90 Å². The number of hydrogen-bond donors (Lipinski definition) is 1. The van der Waals surface area contributed by atoms with Crippen LogP contribution in [0.5, 0.6) is 0 Å². The lowest BCUT2D eigenvalue weighted by atomic mass is 10.2. The molecule has 2 aromatic rings. The minimum absolute atomic E-state index is 0.136. The zero-order valence-electron chi connectivity index (χ0n) is 15.9. The second-order valence-corrected chi connectivity index (χ2v) is 9.59. The molecule has 0 bridgehead atoms. The van der Waals surface area contributed by atoms with Gasteiger partial charge < -0.3 is 9.63 Å². The summed E-state index contributed by atoms with van der Waals surface area (Å²) in [6, 6.07) is 12.9. The summed E-state index contributed by atoms with van der Waals surface area (Å²) < 4.78 is 20.0. The summed E-state index contributed by atoms with van der Waals surface area (Å²) in [6.07, 6.45) is 4.44. The fourth-order valence-electron chi connectivity index (χ4n) is 3.79. The number of carboxylic acid groups (broad SMARTS) is 1. The van der Waals surface area contributed by atoms with Crippen LogP contribution in [0.2, 0.25) is 0 Å². The molecule has 28 heavy (non-hydrogen) atoms. The van der Waals surface area contributed by atoms with E-state index in [4.69, 9.17) is 4.52 Å². The molecule has 0 saturated heterocycles. The first-order chi connectivity index (χ1) is 13.5. The van der Waals surface area contributed by atoms with Gasteiger partial charge in [0, 0.05) is 18.3 Å². The van der Waals surface area contributed by atoms with Gasteiger partial charge in [-0.1, -0.05) is 42.5 Å². The summed E-state index contributed by atoms with van der Waals surface area (Å²) >= 11 is 0. The average Bonchev–Trinajstić information content (AvgIpc) is 3.44. The maximum atomic E-state index is 14.2. The number of benzene rings is 1. The summed E-state index contributed by atoms with van der Waals surface area (Å²) in [5, 5.41) is 8.91. The Morgan fingerprint density at radius 2 is 2.07 bits per heavy atom. The smallest absolute Gasteiger partial charge is 0.408 e. The van der Waals surface area contributed by atoms with E-state index >= 15 is 0 Å². The Balaban J connectivity index is 2.03. The van der Waals surface area contributed by atoms with E-state index in [-0.39, 0.29) is 25.2 Å². The molecule has 1 unspecified atom stereocenters. The quantitative estimate of drug-likeness (QED) is 0.474. The first-order valence-electron chi connectivity index (χ1n) is 9.26. The third kappa shape index (κ3) is 3.75. The van der Waals surface area contributed by atoms with E-state index in [0.717, 1.165) is 11.1 Å². The maximum Gasteiger partial charge on any atom is 0.408 e. The third-order valence-electron chi connectivity index (χ3n) is 5.16. The van der Waals surface area contributed by atoms with Crippen molar-refractivity contribution in [1.82, 2.24) is 9.88 Å². The molecule has 1 heterocycles. The van der Waals surface area contributed by atoms with E-state index in [1.54, 1.807) is 31.5 Å². The summed E-state index contributed by atoms with van der Waals surface area (Å²) in [5.74, 6) is -0.221. The standard InChI is InChI=1S/C21H25N2O4P/c1-3-19-13-21(19,23(20(24)25)15-17-9-6-5-7-10-17)28(26,27-4-2)16-18-11-8-12-22-14-18/h3,5-12,14,19H,1,4,13,15-16H2,2H3,(H,24,25)/t19-,21-,28?/m1/s1. The molecule has 0 aliphatic heterocycles. The lowest BCUT2D eigenvalue weighted by molar-refractivity contribution is 0.123. The molecule has 1 aliphatic carbocycles. The number of carbonyl (C=O) groups is 1. The SMILES string of the molecule is C=C[C@@H]1C[C@@]1(N(Cc1ccccc1)C(=O)O)P(=O)(Cc1cccnc1)OCC. The van der Waals surface area contributed by atoms with Crippen molar-refractivity contribution < 1.29 is 19.0 Å². The van der Waals surface area contributed by atoms with Gasteiger partial charge in [0.25, 0.3) is 0 Å². The van der Waals surface area contributed by atoms with Gasteiger partial charge in [0.1, 0.15) is 5.28 Å². The highest BCUT2D eigenvalue weighted by atomic mass is 31.2. The second kappa shape index (κ2) is 8.29. The Hall–Kier alpha value is -2.43. The number of amides is 1. The van der Waals surface area contributed by atoms with E-state index in [0.29, 0.717) is 6.42 Å². The summed E-state index contributed by atoms with van der Waals surface area (Å²) in [4.78, 5) is 17.6. The van der Waals surface area contributed by atoms with E-state index < -0.39 is 18.7 Å². The van der Waals surface area contributed by atoms with E-state index in [2.05, 4.69) is 11.6 Å². The van der Waals surface area contributed by atoms with Crippen molar-refractivity contribution in [3.63, 3.8) is 0 Å². The van der Waals surface area contributed by atoms with Crippen LogP contribution in [0, 0.1) is 5.92 Å². The second-order valence-electron chi connectivity index (χ2n) is 6.89. The summed E-state index contributed by atoms with van der Waals surface area (Å²) in [6.45, 7) is 6.00. The van der Waals surface area contributed by atoms with Crippen LogP contribution < -0.4 is 0 Å². The molecule has 3 atom stereocenters. The monoisotopic (exact) mass is 400 g/mol. The molecule has 1 aliphatic rings. The van der Waals surface area contributed by atoms with Gasteiger partial charge in [0.2, 0.25) is 7.37 Å². The first-order valence-corrected chi connectivity index (χ1v) is 11.1. The zero-order valence-corrected chi connectivity index (χ0v) is 16.8. The van der Waals surface area contributed by atoms with Crippen LogP contribution in [0.4, 0.5) is 4.79 Å². The first kappa shape index (κ1) is 20.3. The fourth-order valence-corrected chi connectivity index (χ4v) is 7.08. The molecule has 0 spiro atoms. The highest BCUT2D eigenvalue weighted by Crippen LogP contribution is 2.76. The van der Waals surface area contributed by atoms with E-state index in [9.17, 15) is 14.5 Å². The van der Waals surface area contributed by atoms with E-state index in [1.807, 2.05) is 36.4 Å². The molecular formula is C21H25N2O4P. The molecule has 7 heteroatoms. The van der Waals surface area contributed by atoms with Crippen molar-refractivity contribution in [2.45, 2.75) is 31.3 Å². The molecule has 1 amide bonds. The molecule has 1 fully saturated rings. The third-order valence-corrected chi connectivity index (χ3v) is 8.55. The predicted octanol–water partition coefficient (Wildman–Crippen LogP) is 4.98. The summed E-state index contributed by atoms with van der Waals surface area (Å²) in [7, 11) is -3.42. The van der Waals surface area contributed by atoms with Crippen LogP contribution >= 0.6 is 7.37 Å². The Morgan fingerprint density at radius 1 is 1.36 bits per heavy atom. The molecule has 1 saturated carbocycles. The van der Waals surface area contributed by atoms with Crippen molar-refractivity contribution in [2.24, 2.45) is 5.92 Å². The number of hydrogen-bond acceptors (Lipinski definition) is 4. The Labute approximate surface area is 165 Å². The zero-order chi connectivity index (χ0) is 20.2. The van der Waals surface area contributed by atoms with Gasteiger partial charge in [0.15, 0.2) is 0 Å². The van der Waals surface area contributed by atoms with Crippen molar-refractivity contribution in [2.75, 3.05) is 6.61 Å². The average molecular weight is 400 g/mol. The molecule has 6 nitrogen and oxygen atoms in total. The summed E-state index contributed by atoms with van der Waals surface area (Å²) in [5.41, 5.74) is 1.60. The molecule has 1 aromatic heterocycles. The van der Waals surface area contributed by atoms with Crippen LogP contribution in [-0.4, -0.2) is 33.0 Å². The van der Waals surface area contributed by atoms with Gasteiger partial charge in [-0.2, -0.15) is 0 Å². The highest BCUT2D eigenvalue weighted by Gasteiger charge is 2.69. The van der Waals surface area contributed by atoms with Crippen molar-refractivity contribution in [1.29, 1.82) is 0 Å². The fraction of sp³-hybridized carbons (Fsp3) is 0.333. The van der Waals surface area contributed by atoms with Gasteiger partial charge in [-0.15, -0.1) is 6.58 Å². The highest BCUT2D eigenvalue weighted by molar-refractivity contribution is 7.60. The number of rotatable bonds is 9. The van der Waals surface area contributed by atoms with Crippen LogP contribution in [0.15, 0.2) is 67.5 Å². The molecule has 1 N–H and O–H groups in total. The van der Waals surface area contributed by atoms with Crippen LogP contribution in [0.1, 0.15) is 24.5 Å². The van der Waals surface area contributed by atoms with Crippen molar-refractivity contribution >= 4 is 13.5 Å². The van der Waals surface area contributed by atoms with Gasteiger partial charge >= 0.3 is 6.09 Å². The lowest BCUT2D eigenvalue weighted by Crippen LogP contribution is -2.43. The Morgan fingerprint density at radius 3 is 2.61 bits per heavy atom. The van der Waals surface area contributed by atoms with Crippen molar-refractivity contribution in [3.8, 4) is 0 Å². The predicted molar refractivity (Wildman–Crippen MR) is 108 cm³/mol. The molecule has 0 radical (unpaired) electrons. The minimum Gasteiger partial charge on any atom is -0.465 e. The minimum atomic E-state index is -3.42. The molecular weight excluding hydrogens is 375 g/mol. The van der Waals surface area contributed by atoms with Crippen LogP contribution in [0.3, 0.4) is 0 Å². The normalized spacial score (nSPS) is 22.8. The largest absolute Gasteiger partial charge is 0.465 e. The topological polar surface area (TPSA) is 79.7 Å². The van der Waals surface area contributed by atoms with Gasteiger partial charge in [-0.25, -0.2) is 4.79 Å². The number of aromatic nitrogens is 1. The lowest BCUT2D eigenvalue weighted by Gasteiger charge is -2.36. The van der Waals surface area contributed by atoms with Crippen molar-refractivity contribution in [3.05, 3.63) is 78.6 Å². The number of pyridine rings is 1. The number of nitrogens with zero attached hydrogens (tertiary/aromatic N) is 2. The van der Waals surface area contributed by atoms with Gasteiger partial charge in [0.05, 0.1) is 19.3 Å². The van der Waals surface area contributed by atoms with Crippen LogP contribution in [-0.2, 0) is 21.8 Å². The maximum absolute atomic E-state index is 14.2. The molecule has 3 rings (SSSR count). The van der Waals surface area contributed by atoms with Crippen LogP contribution in [0.25, 0.3) is 0 Å². The van der Waals surface area contributed by atoms with Gasteiger partial charge in [-0.3, -0.25) is 14.4 Å². The Bertz CT molecular complexity index is 874. The van der Waals surface area contributed by atoms with Gasteiger partial charge in [-0.05, 0) is 30.5 Å². The molecule has 148 valence electrons. The molecule has 1 aromatic carbocycles.